The Morgan fingerprint density at radius 3 is 1.07 bits per heavy atom. The van der Waals surface area contributed by atoms with Gasteiger partial charge in [-0.05, 0) is 216 Å². The lowest BCUT2D eigenvalue weighted by atomic mass is 9.83. The fourth-order valence-electron chi connectivity index (χ4n) is 13.2. The molecule has 0 spiro atoms. The van der Waals surface area contributed by atoms with Crippen LogP contribution in [0.25, 0.3) is 142 Å². The van der Waals surface area contributed by atoms with Gasteiger partial charge in [-0.15, -0.1) is 0 Å². The van der Waals surface area contributed by atoms with Crippen LogP contribution < -0.4 is 4.90 Å². The maximum Gasteiger partial charge on any atom is 0.0468 e. The topological polar surface area (TPSA) is 3.24 Å². The van der Waals surface area contributed by atoms with Crippen LogP contribution in [0, 0.1) is 13.8 Å². The smallest absolute Gasteiger partial charge is 0.0468 e. The number of benzene rings is 12. The molecule has 318 valence electrons. The van der Waals surface area contributed by atoms with Crippen LogP contribution in [0.3, 0.4) is 0 Å². The molecule has 0 amide bonds. The van der Waals surface area contributed by atoms with Gasteiger partial charge < -0.3 is 4.90 Å². The predicted molar refractivity (Wildman–Crippen MR) is 295 cm³/mol. The molecule has 0 bridgehead atoms. The largest absolute Gasteiger partial charge is 0.310 e. The van der Waals surface area contributed by atoms with Crippen molar-refractivity contribution in [3.05, 3.63) is 223 Å². The number of nitrogens with zero attached hydrogens (tertiary/aromatic N) is 1. The summed E-state index contributed by atoms with van der Waals surface area (Å²) >= 11 is 0. The Hall–Kier alpha value is -8.78. The van der Waals surface area contributed by atoms with E-state index >= 15 is 0 Å². The summed E-state index contributed by atoms with van der Waals surface area (Å²) in [4.78, 5) is 2.37. The third-order valence-corrected chi connectivity index (χ3v) is 16.1. The van der Waals surface area contributed by atoms with Crippen LogP contribution in [0.15, 0.2) is 212 Å². The monoisotopic (exact) mass is 871 g/mol. The molecular weight excluding hydrogens is 831 g/mol. The first kappa shape index (κ1) is 37.3. The maximum absolute atomic E-state index is 2.58. The molecule has 0 saturated carbocycles. The molecule has 69 heavy (non-hydrogen) atoms. The minimum absolute atomic E-state index is 1.14. The van der Waals surface area contributed by atoms with Crippen LogP contribution in [0.5, 0.6) is 0 Å². The average Bonchev–Trinajstić information content (AvgIpc) is 4.11. The molecule has 0 atom stereocenters. The molecule has 1 nitrogen and oxygen atoms in total. The van der Waals surface area contributed by atoms with E-state index in [1.807, 2.05) is 0 Å². The van der Waals surface area contributed by atoms with Gasteiger partial charge in [-0.3, -0.25) is 0 Å². The summed E-state index contributed by atoms with van der Waals surface area (Å²) in [7, 11) is 0. The van der Waals surface area contributed by atoms with Gasteiger partial charge in [0.05, 0.1) is 0 Å². The molecule has 0 radical (unpaired) electrons. The van der Waals surface area contributed by atoms with Gasteiger partial charge in [-0.25, -0.2) is 0 Å². The SMILES string of the molecule is Cc1ccccc1-c1c2cc3c(cc2c(-c2ccccc2C)c2c4ccc5c6c(ccc(c12)c64)-c1ccccc1-5)c1ccc2c4c(ccc3c41)-c1ccc(N(c3ccccc3)c3ccccc3)cc1-2. The number of hydrogen-bond donors (Lipinski definition) is 0. The number of aryl methyl sites for hydroxylation is 2. The molecule has 0 N–H and O–H groups in total. The lowest BCUT2D eigenvalue weighted by molar-refractivity contribution is 1.28. The third kappa shape index (κ3) is 4.79. The van der Waals surface area contributed by atoms with Crippen LogP contribution in [-0.4, -0.2) is 0 Å². The first-order chi connectivity index (χ1) is 34.1. The van der Waals surface area contributed by atoms with Crippen LogP contribution in [0.4, 0.5) is 17.1 Å². The van der Waals surface area contributed by atoms with E-state index in [4.69, 9.17) is 0 Å². The normalized spacial score (nSPS) is 12.5. The van der Waals surface area contributed by atoms with Crippen LogP contribution in [0.2, 0.25) is 0 Å². The molecular formula is C68H41N. The van der Waals surface area contributed by atoms with E-state index in [2.05, 4.69) is 231 Å². The summed E-state index contributed by atoms with van der Waals surface area (Å²) in [6, 6.07) is 80.1. The van der Waals surface area contributed by atoms with Crippen molar-refractivity contribution < 1.29 is 0 Å². The van der Waals surface area contributed by atoms with Gasteiger partial charge >= 0.3 is 0 Å². The first-order valence-electron chi connectivity index (χ1n) is 24.3. The number of para-hydroxylation sites is 2. The van der Waals surface area contributed by atoms with Gasteiger partial charge in [-0.1, -0.05) is 164 Å². The molecule has 0 aromatic heterocycles. The van der Waals surface area contributed by atoms with Crippen molar-refractivity contribution in [3.63, 3.8) is 0 Å². The molecule has 1 heteroatoms. The van der Waals surface area contributed by atoms with Crippen molar-refractivity contribution in [2.45, 2.75) is 13.8 Å². The number of anilines is 3. The summed E-state index contributed by atoms with van der Waals surface area (Å²) in [5.41, 5.74) is 21.8. The lowest BCUT2D eigenvalue weighted by Crippen LogP contribution is -2.09. The minimum atomic E-state index is 1.14. The van der Waals surface area contributed by atoms with Gasteiger partial charge in [0.2, 0.25) is 0 Å². The molecule has 0 heterocycles. The average molecular weight is 872 g/mol. The molecule has 2 aliphatic carbocycles. The van der Waals surface area contributed by atoms with E-state index in [0.717, 1.165) is 17.1 Å². The Balaban J connectivity index is 1.02. The van der Waals surface area contributed by atoms with E-state index in [-0.39, 0.29) is 0 Å². The highest BCUT2D eigenvalue weighted by Crippen LogP contribution is 2.59. The van der Waals surface area contributed by atoms with E-state index < -0.39 is 0 Å². The van der Waals surface area contributed by atoms with Crippen LogP contribution in [-0.2, 0) is 0 Å². The Labute approximate surface area is 399 Å². The van der Waals surface area contributed by atoms with Crippen LogP contribution >= 0.6 is 0 Å². The van der Waals surface area contributed by atoms with Gasteiger partial charge in [0.1, 0.15) is 0 Å². The molecule has 16 rings (SSSR count). The van der Waals surface area contributed by atoms with Crippen molar-refractivity contribution in [2.24, 2.45) is 0 Å². The summed E-state index contributed by atoms with van der Waals surface area (Å²) in [6.07, 6.45) is 0. The van der Waals surface area contributed by atoms with Gasteiger partial charge in [0.25, 0.3) is 0 Å². The third-order valence-electron chi connectivity index (χ3n) is 16.1. The predicted octanol–water partition coefficient (Wildman–Crippen LogP) is 19.4. The van der Waals surface area contributed by atoms with Gasteiger partial charge in [0, 0.05) is 17.1 Å². The summed E-state index contributed by atoms with van der Waals surface area (Å²) in [5, 5.41) is 18.8. The van der Waals surface area contributed by atoms with E-state index in [0.29, 0.717) is 0 Å². The maximum atomic E-state index is 2.58. The summed E-state index contributed by atoms with van der Waals surface area (Å²) in [5.74, 6) is 0. The highest BCUT2D eigenvalue weighted by molar-refractivity contribution is 6.44. The standard InChI is InChI=1S/C68H41N/c1-38-15-9-11-21-43(38)61-59-36-57-52-28-27-50-47-26-25-42(69(40-17-5-3-6-18-40)41-19-7-4-8-20-41)35-56(47)51-29-30-53(65(52)64(50)51)58(57)37-60(59)62(44-22-12-10-16-39(44)2)68-55-34-32-49-46-24-14-13-23-45(46)48-31-33-54(67(61)68)66(55)63(48)49/h3-37H,1-2H3. The molecule has 14 aromatic rings. The second-order valence-corrected chi connectivity index (χ2v) is 19.5. The molecule has 0 aliphatic heterocycles. The highest BCUT2D eigenvalue weighted by atomic mass is 15.1. The van der Waals surface area contributed by atoms with E-state index in [1.165, 1.54) is 153 Å². The number of rotatable bonds is 5. The Morgan fingerprint density at radius 2 is 0.594 bits per heavy atom. The van der Waals surface area contributed by atoms with Crippen molar-refractivity contribution >= 4 is 92.5 Å². The second-order valence-electron chi connectivity index (χ2n) is 19.5. The Kier molecular flexibility index (Phi) is 7.27. The molecule has 0 saturated heterocycles. The number of fused-ring (bicyclic) bond motifs is 13. The molecule has 2 aliphatic rings. The van der Waals surface area contributed by atoms with E-state index in [1.54, 1.807) is 0 Å². The number of hydrogen-bond acceptors (Lipinski definition) is 1. The Morgan fingerprint density at radius 1 is 0.217 bits per heavy atom. The van der Waals surface area contributed by atoms with E-state index in [9.17, 15) is 0 Å². The quantitative estimate of drug-likeness (QED) is 0.167. The zero-order valence-corrected chi connectivity index (χ0v) is 38.2. The molecule has 0 unspecified atom stereocenters. The highest BCUT2D eigenvalue weighted by Gasteiger charge is 2.31. The zero-order chi connectivity index (χ0) is 45.2. The van der Waals surface area contributed by atoms with Gasteiger partial charge in [-0.2, -0.15) is 0 Å². The lowest BCUT2D eigenvalue weighted by Gasteiger charge is -2.26. The zero-order valence-electron chi connectivity index (χ0n) is 38.2. The van der Waals surface area contributed by atoms with Crippen molar-refractivity contribution in [1.82, 2.24) is 0 Å². The van der Waals surface area contributed by atoms with Crippen molar-refractivity contribution in [3.8, 4) is 66.8 Å². The van der Waals surface area contributed by atoms with Gasteiger partial charge in [0.15, 0.2) is 0 Å². The minimum Gasteiger partial charge on any atom is -0.310 e. The summed E-state index contributed by atoms with van der Waals surface area (Å²) in [6.45, 7) is 4.58. The van der Waals surface area contributed by atoms with Crippen molar-refractivity contribution in [2.75, 3.05) is 4.90 Å². The van der Waals surface area contributed by atoms with Crippen molar-refractivity contribution in [1.29, 1.82) is 0 Å². The first-order valence-corrected chi connectivity index (χ1v) is 24.3. The second kappa shape index (κ2) is 13.4. The molecule has 0 fully saturated rings. The Bertz CT molecular complexity index is 4320. The fraction of sp³-hybridized carbons (Fsp3) is 0.0294. The summed E-state index contributed by atoms with van der Waals surface area (Å²) < 4.78 is 0. The fourth-order valence-corrected chi connectivity index (χ4v) is 13.2. The molecule has 14 aromatic carbocycles. The van der Waals surface area contributed by atoms with Crippen LogP contribution in [0.1, 0.15) is 11.1 Å².